The van der Waals surface area contributed by atoms with Gasteiger partial charge in [-0.15, -0.1) is 0 Å². The van der Waals surface area contributed by atoms with Gasteiger partial charge in [0.2, 0.25) is 5.95 Å². The number of nitrogens with zero attached hydrogens (tertiary/aromatic N) is 2. The lowest BCUT2D eigenvalue weighted by atomic mass is 9.95. The van der Waals surface area contributed by atoms with Crippen LogP contribution in [0.2, 0.25) is 0 Å². The molecule has 1 aromatic carbocycles. The topological polar surface area (TPSA) is 35.0 Å². The smallest absolute Gasteiger partial charge is 0.213 e. The Morgan fingerprint density at radius 1 is 1.00 bits per heavy atom. The SMILES string of the molecule is Fc1cc(-c2cc(Cc3ccncc3)cc3c2OCC3)ccn1. The van der Waals surface area contributed by atoms with E-state index in [0.717, 1.165) is 29.7 Å². The first-order valence-electron chi connectivity index (χ1n) is 7.59. The molecule has 0 unspecified atom stereocenters. The third-order valence-corrected chi connectivity index (χ3v) is 4.04. The summed E-state index contributed by atoms with van der Waals surface area (Å²) in [7, 11) is 0. The van der Waals surface area contributed by atoms with E-state index in [1.54, 1.807) is 12.4 Å². The summed E-state index contributed by atoms with van der Waals surface area (Å²) in [6, 6.07) is 11.6. The summed E-state index contributed by atoms with van der Waals surface area (Å²) in [5.41, 5.74) is 5.31. The first kappa shape index (κ1) is 13.9. The van der Waals surface area contributed by atoms with Crippen molar-refractivity contribution in [2.24, 2.45) is 0 Å². The molecule has 0 spiro atoms. The van der Waals surface area contributed by atoms with Crippen LogP contribution >= 0.6 is 0 Å². The van der Waals surface area contributed by atoms with Crippen LogP contribution in [0.5, 0.6) is 5.75 Å². The van der Waals surface area contributed by atoms with E-state index in [0.29, 0.717) is 6.61 Å². The Bertz CT molecular complexity index is 849. The second-order valence-corrected chi connectivity index (χ2v) is 5.63. The standard InChI is InChI=1S/C19H15FN2O/c20-18-12-15(3-7-22-18)17-11-14(9-13-1-5-21-6-2-13)10-16-4-8-23-19(16)17/h1-3,5-7,10-12H,4,8-9H2. The maximum atomic E-state index is 13.5. The molecule has 0 aliphatic carbocycles. The van der Waals surface area contributed by atoms with Gasteiger partial charge in [-0.05, 0) is 52.9 Å². The Labute approximate surface area is 133 Å². The zero-order chi connectivity index (χ0) is 15.6. The lowest BCUT2D eigenvalue weighted by Gasteiger charge is -2.12. The van der Waals surface area contributed by atoms with Crippen molar-refractivity contribution >= 4 is 0 Å². The van der Waals surface area contributed by atoms with Crippen molar-refractivity contribution < 1.29 is 9.13 Å². The van der Waals surface area contributed by atoms with Gasteiger partial charge in [-0.25, -0.2) is 4.98 Å². The van der Waals surface area contributed by atoms with Crippen LogP contribution in [0.4, 0.5) is 4.39 Å². The first-order valence-corrected chi connectivity index (χ1v) is 7.59. The number of aromatic nitrogens is 2. The van der Waals surface area contributed by atoms with Crippen molar-refractivity contribution in [3.05, 3.63) is 77.6 Å². The second kappa shape index (κ2) is 5.80. The van der Waals surface area contributed by atoms with E-state index in [4.69, 9.17) is 4.74 Å². The molecule has 0 bridgehead atoms. The van der Waals surface area contributed by atoms with Gasteiger partial charge >= 0.3 is 0 Å². The maximum Gasteiger partial charge on any atom is 0.213 e. The molecule has 4 rings (SSSR count). The zero-order valence-corrected chi connectivity index (χ0v) is 12.5. The summed E-state index contributed by atoms with van der Waals surface area (Å²) in [5.74, 6) is 0.392. The molecule has 114 valence electrons. The minimum atomic E-state index is -0.478. The van der Waals surface area contributed by atoms with Crippen molar-refractivity contribution in [3.63, 3.8) is 0 Å². The maximum absolute atomic E-state index is 13.5. The molecule has 0 saturated carbocycles. The fourth-order valence-corrected chi connectivity index (χ4v) is 3.00. The molecule has 0 N–H and O–H groups in total. The van der Waals surface area contributed by atoms with Gasteiger partial charge in [0.25, 0.3) is 0 Å². The monoisotopic (exact) mass is 306 g/mol. The van der Waals surface area contributed by atoms with Gasteiger partial charge in [0, 0.05) is 36.6 Å². The van der Waals surface area contributed by atoms with Gasteiger partial charge in [0.1, 0.15) is 5.75 Å². The van der Waals surface area contributed by atoms with Crippen molar-refractivity contribution in [3.8, 4) is 16.9 Å². The highest BCUT2D eigenvalue weighted by atomic mass is 19.1. The molecule has 1 aliphatic heterocycles. The van der Waals surface area contributed by atoms with Crippen LogP contribution in [0.25, 0.3) is 11.1 Å². The minimum Gasteiger partial charge on any atom is -0.492 e. The van der Waals surface area contributed by atoms with E-state index in [1.807, 2.05) is 18.2 Å². The largest absolute Gasteiger partial charge is 0.492 e. The Balaban J connectivity index is 1.79. The highest BCUT2D eigenvalue weighted by molar-refractivity contribution is 5.73. The lowest BCUT2D eigenvalue weighted by molar-refractivity contribution is 0.358. The third-order valence-electron chi connectivity index (χ3n) is 4.04. The second-order valence-electron chi connectivity index (χ2n) is 5.63. The fraction of sp³-hybridized carbons (Fsp3) is 0.158. The van der Waals surface area contributed by atoms with Gasteiger partial charge < -0.3 is 4.74 Å². The molecule has 0 saturated heterocycles. The molecular formula is C19H15FN2O. The number of hydrogen-bond donors (Lipinski definition) is 0. The number of rotatable bonds is 3. The van der Waals surface area contributed by atoms with Gasteiger partial charge in [0.05, 0.1) is 6.61 Å². The molecule has 1 aliphatic rings. The minimum absolute atomic E-state index is 0.478. The Hall–Kier alpha value is -2.75. The quantitative estimate of drug-likeness (QED) is 0.690. The summed E-state index contributed by atoms with van der Waals surface area (Å²) >= 11 is 0. The van der Waals surface area contributed by atoms with Crippen LogP contribution in [-0.2, 0) is 12.8 Å². The van der Waals surface area contributed by atoms with Crippen molar-refractivity contribution in [2.45, 2.75) is 12.8 Å². The molecule has 23 heavy (non-hydrogen) atoms. The van der Waals surface area contributed by atoms with Crippen LogP contribution in [0, 0.1) is 5.95 Å². The Morgan fingerprint density at radius 3 is 2.70 bits per heavy atom. The van der Waals surface area contributed by atoms with Gasteiger partial charge in [-0.3, -0.25) is 4.98 Å². The van der Waals surface area contributed by atoms with Gasteiger partial charge in [-0.2, -0.15) is 4.39 Å². The van der Waals surface area contributed by atoms with E-state index in [1.165, 1.54) is 29.0 Å². The number of hydrogen-bond acceptors (Lipinski definition) is 3. The number of fused-ring (bicyclic) bond motifs is 1. The lowest BCUT2D eigenvalue weighted by Crippen LogP contribution is -1.94. The highest BCUT2D eigenvalue weighted by Gasteiger charge is 2.19. The summed E-state index contributed by atoms with van der Waals surface area (Å²) in [6.45, 7) is 0.675. The third kappa shape index (κ3) is 2.80. The molecule has 0 fully saturated rings. The molecule has 0 radical (unpaired) electrons. The molecule has 0 atom stereocenters. The van der Waals surface area contributed by atoms with Crippen LogP contribution in [0.15, 0.2) is 55.0 Å². The van der Waals surface area contributed by atoms with E-state index >= 15 is 0 Å². The number of halogens is 1. The summed E-state index contributed by atoms with van der Waals surface area (Å²) in [6.07, 6.45) is 6.79. The molecule has 3 aromatic rings. The van der Waals surface area contributed by atoms with E-state index in [9.17, 15) is 4.39 Å². The predicted octanol–water partition coefficient (Wildman–Crippen LogP) is 3.81. The average Bonchev–Trinajstić information content (AvgIpc) is 3.03. The number of pyridine rings is 2. The molecule has 3 nitrogen and oxygen atoms in total. The van der Waals surface area contributed by atoms with Gasteiger partial charge in [0.15, 0.2) is 0 Å². The molecule has 2 aromatic heterocycles. The van der Waals surface area contributed by atoms with Crippen LogP contribution in [0.3, 0.4) is 0 Å². The van der Waals surface area contributed by atoms with Crippen molar-refractivity contribution in [1.82, 2.24) is 9.97 Å². The Morgan fingerprint density at radius 2 is 1.87 bits per heavy atom. The van der Waals surface area contributed by atoms with Gasteiger partial charge in [-0.1, -0.05) is 6.07 Å². The first-order chi connectivity index (χ1) is 11.3. The highest BCUT2D eigenvalue weighted by Crippen LogP contribution is 2.38. The number of ether oxygens (including phenoxy) is 1. The number of benzene rings is 1. The fourth-order valence-electron chi connectivity index (χ4n) is 3.00. The Kier molecular flexibility index (Phi) is 3.50. The molecule has 0 amide bonds. The molecule has 4 heteroatoms. The van der Waals surface area contributed by atoms with Crippen LogP contribution in [0.1, 0.15) is 16.7 Å². The summed E-state index contributed by atoms with van der Waals surface area (Å²) in [4.78, 5) is 7.69. The van der Waals surface area contributed by atoms with Crippen LogP contribution in [-0.4, -0.2) is 16.6 Å². The summed E-state index contributed by atoms with van der Waals surface area (Å²) < 4.78 is 19.3. The van der Waals surface area contributed by atoms with E-state index < -0.39 is 5.95 Å². The summed E-state index contributed by atoms with van der Waals surface area (Å²) in [5, 5.41) is 0. The van der Waals surface area contributed by atoms with Crippen molar-refractivity contribution in [1.29, 1.82) is 0 Å². The predicted molar refractivity (Wildman–Crippen MR) is 85.9 cm³/mol. The molecular weight excluding hydrogens is 291 g/mol. The van der Waals surface area contributed by atoms with Crippen LogP contribution < -0.4 is 4.74 Å². The van der Waals surface area contributed by atoms with E-state index in [-0.39, 0.29) is 0 Å². The molecule has 3 heterocycles. The van der Waals surface area contributed by atoms with E-state index in [2.05, 4.69) is 22.1 Å². The average molecular weight is 306 g/mol. The zero-order valence-electron chi connectivity index (χ0n) is 12.5. The van der Waals surface area contributed by atoms with Crippen molar-refractivity contribution in [2.75, 3.05) is 6.61 Å². The normalized spacial score (nSPS) is 12.7.